The summed E-state index contributed by atoms with van der Waals surface area (Å²) >= 11 is 0. The molecule has 5 rings (SSSR count). The minimum Gasteiger partial charge on any atom is -0.393 e. The third kappa shape index (κ3) is 2.58. The monoisotopic (exact) mass is 360 g/mol. The largest absolute Gasteiger partial charge is 0.393 e. The third-order valence-electron chi connectivity index (χ3n) is 6.72. The summed E-state index contributed by atoms with van der Waals surface area (Å²) in [7, 11) is 0. The van der Waals surface area contributed by atoms with Crippen molar-refractivity contribution in [3.63, 3.8) is 0 Å². The van der Waals surface area contributed by atoms with Gasteiger partial charge in [-0.05, 0) is 31.3 Å². The van der Waals surface area contributed by atoms with Gasteiger partial charge < -0.3 is 19.1 Å². The first-order chi connectivity index (χ1) is 12.7. The number of aromatic nitrogens is 2. The molecule has 0 bridgehead atoms. The van der Waals surface area contributed by atoms with E-state index in [9.17, 15) is 9.50 Å². The molecule has 26 heavy (non-hydrogen) atoms. The lowest BCUT2D eigenvalue weighted by atomic mass is 9.77. The number of nitrogens with zero attached hydrogens (tertiary/aromatic N) is 2. The van der Waals surface area contributed by atoms with Crippen LogP contribution in [0.25, 0.3) is 0 Å². The standard InChI is InChI=1S/C20H25FN2O3/c21-15-3-1-2-14-17-11-22-12-23(17)16(19(14)15)10-18(24)13-4-6-20(7-5-13)25-8-9-26-20/h1-3,11-14,16,18-19,24H,4-10H2. The molecule has 2 aliphatic carbocycles. The second kappa shape index (κ2) is 6.29. The summed E-state index contributed by atoms with van der Waals surface area (Å²) in [5.74, 6) is -0.479. The Morgan fingerprint density at radius 2 is 2.08 bits per heavy atom. The number of imidazole rings is 1. The first-order valence-corrected chi connectivity index (χ1v) is 9.68. The topological polar surface area (TPSA) is 56.5 Å². The molecule has 4 atom stereocenters. The molecule has 1 aromatic heterocycles. The van der Waals surface area contributed by atoms with Gasteiger partial charge in [-0.3, -0.25) is 0 Å². The average molecular weight is 360 g/mol. The normalized spacial score (nSPS) is 33.9. The maximum atomic E-state index is 14.6. The quantitative estimate of drug-likeness (QED) is 0.899. The Hall–Kier alpha value is -1.50. The Kier molecular flexibility index (Phi) is 4.03. The molecule has 2 fully saturated rings. The zero-order valence-corrected chi connectivity index (χ0v) is 14.8. The average Bonchev–Trinajstić information content (AvgIpc) is 3.35. The Morgan fingerprint density at radius 3 is 2.85 bits per heavy atom. The summed E-state index contributed by atoms with van der Waals surface area (Å²) in [6.07, 6.45) is 12.5. The van der Waals surface area contributed by atoms with E-state index in [1.807, 2.05) is 12.3 Å². The summed E-state index contributed by atoms with van der Waals surface area (Å²) in [5.41, 5.74) is 1.04. The van der Waals surface area contributed by atoms with E-state index < -0.39 is 11.9 Å². The van der Waals surface area contributed by atoms with Crippen LogP contribution in [0, 0.1) is 11.8 Å². The van der Waals surface area contributed by atoms with Crippen molar-refractivity contribution in [2.45, 2.75) is 56.0 Å². The fourth-order valence-corrected chi connectivity index (χ4v) is 5.35. The van der Waals surface area contributed by atoms with Gasteiger partial charge in [-0.15, -0.1) is 0 Å². The maximum Gasteiger partial charge on any atom is 0.168 e. The SMILES string of the molecule is OC(CC1C2C(F)=CC=CC2c2cncn21)C1CCC2(CC1)OCCO2. The molecule has 1 N–H and O–H groups in total. The minimum atomic E-state index is -0.452. The summed E-state index contributed by atoms with van der Waals surface area (Å²) in [4.78, 5) is 4.25. The summed E-state index contributed by atoms with van der Waals surface area (Å²) in [5, 5.41) is 10.9. The van der Waals surface area contributed by atoms with E-state index in [-0.39, 0.29) is 29.6 Å². The molecule has 4 unspecified atom stereocenters. The van der Waals surface area contributed by atoms with Crippen LogP contribution in [0.15, 0.2) is 36.6 Å². The molecule has 4 aliphatic rings. The Morgan fingerprint density at radius 1 is 1.31 bits per heavy atom. The van der Waals surface area contributed by atoms with Crippen molar-refractivity contribution in [1.29, 1.82) is 0 Å². The lowest BCUT2D eigenvalue weighted by Crippen LogP contribution is -2.39. The number of allylic oxidation sites excluding steroid dienone is 4. The maximum absolute atomic E-state index is 14.6. The van der Waals surface area contributed by atoms with Gasteiger partial charge in [-0.1, -0.05) is 12.2 Å². The number of aliphatic hydroxyl groups excluding tert-OH is 1. The smallest absolute Gasteiger partial charge is 0.168 e. The van der Waals surface area contributed by atoms with E-state index in [2.05, 4.69) is 9.55 Å². The third-order valence-corrected chi connectivity index (χ3v) is 6.72. The highest BCUT2D eigenvalue weighted by Crippen LogP contribution is 2.51. The highest BCUT2D eigenvalue weighted by atomic mass is 19.1. The van der Waals surface area contributed by atoms with Gasteiger partial charge in [0.1, 0.15) is 5.83 Å². The number of ether oxygens (including phenoxy) is 2. The van der Waals surface area contributed by atoms with Crippen molar-refractivity contribution in [2.24, 2.45) is 11.8 Å². The van der Waals surface area contributed by atoms with E-state index in [4.69, 9.17) is 9.47 Å². The van der Waals surface area contributed by atoms with Gasteiger partial charge in [-0.25, -0.2) is 9.37 Å². The van der Waals surface area contributed by atoms with Gasteiger partial charge in [0.2, 0.25) is 0 Å². The van der Waals surface area contributed by atoms with Crippen LogP contribution in [0.2, 0.25) is 0 Å². The second-order valence-electron chi connectivity index (χ2n) is 8.03. The molecule has 0 radical (unpaired) electrons. The summed E-state index contributed by atoms with van der Waals surface area (Å²) < 4.78 is 28.2. The van der Waals surface area contributed by atoms with E-state index in [0.29, 0.717) is 19.6 Å². The molecule has 5 nitrogen and oxygen atoms in total. The Balaban J connectivity index is 1.30. The van der Waals surface area contributed by atoms with E-state index in [1.165, 1.54) is 0 Å². The number of rotatable bonds is 3. The van der Waals surface area contributed by atoms with E-state index in [1.54, 1.807) is 18.5 Å². The van der Waals surface area contributed by atoms with Crippen LogP contribution in [-0.2, 0) is 9.47 Å². The zero-order valence-electron chi connectivity index (χ0n) is 14.8. The van der Waals surface area contributed by atoms with Crippen molar-refractivity contribution in [2.75, 3.05) is 13.2 Å². The fraction of sp³-hybridized carbons (Fsp3) is 0.650. The lowest BCUT2D eigenvalue weighted by Gasteiger charge is -2.38. The van der Waals surface area contributed by atoms with Crippen LogP contribution in [0.3, 0.4) is 0 Å². The molecule has 2 aliphatic heterocycles. The molecule has 6 heteroatoms. The summed E-state index contributed by atoms with van der Waals surface area (Å²) in [6, 6.07) is -0.0800. The van der Waals surface area contributed by atoms with Gasteiger partial charge in [0.15, 0.2) is 5.79 Å². The zero-order chi connectivity index (χ0) is 17.7. The highest BCUT2D eigenvalue weighted by molar-refractivity contribution is 5.33. The molecular formula is C20H25FN2O3. The van der Waals surface area contributed by atoms with Gasteiger partial charge in [0, 0.05) is 42.6 Å². The van der Waals surface area contributed by atoms with Gasteiger partial charge in [0.05, 0.1) is 25.6 Å². The number of hydrogen-bond donors (Lipinski definition) is 1. The highest BCUT2D eigenvalue weighted by Gasteiger charge is 2.46. The molecule has 1 spiro atoms. The predicted octanol–water partition coefficient (Wildman–Crippen LogP) is 3.25. The van der Waals surface area contributed by atoms with Crippen molar-refractivity contribution in [3.05, 3.63) is 42.3 Å². The van der Waals surface area contributed by atoms with Crippen LogP contribution in [0.1, 0.15) is 49.8 Å². The minimum absolute atomic E-state index is 0.0228. The molecule has 140 valence electrons. The lowest BCUT2D eigenvalue weighted by molar-refractivity contribution is -0.187. The molecule has 1 aromatic rings. The summed E-state index contributed by atoms with van der Waals surface area (Å²) in [6.45, 7) is 1.34. The first kappa shape index (κ1) is 16.7. The number of halogens is 1. The molecule has 3 heterocycles. The molecule has 1 saturated heterocycles. The number of hydrogen-bond acceptors (Lipinski definition) is 4. The van der Waals surface area contributed by atoms with Gasteiger partial charge >= 0.3 is 0 Å². The Labute approximate surface area is 152 Å². The van der Waals surface area contributed by atoms with E-state index >= 15 is 0 Å². The van der Waals surface area contributed by atoms with Gasteiger partial charge in [-0.2, -0.15) is 0 Å². The van der Waals surface area contributed by atoms with Crippen LogP contribution >= 0.6 is 0 Å². The van der Waals surface area contributed by atoms with Crippen LogP contribution in [0.4, 0.5) is 4.39 Å². The van der Waals surface area contributed by atoms with Crippen molar-refractivity contribution < 1.29 is 19.0 Å². The number of aliphatic hydroxyl groups is 1. The molecule has 0 aromatic carbocycles. The molecular weight excluding hydrogens is 335 g/mol. The van der Waals surface area contributed by atoms with Crippen molar-refractivity contribution in [3.8, 4) is 0 Å². The molecule has 1 saturated carbocycles. The van der Waals surface area contributed by atoms with Crippen molar-refractivity contribution in [1.82, 2.24) is 9.55 Å². The van der Waals surface area contributed by atoms with Gasteiger partial charge in [0.25, 0.3) is 0 Å². The van der Waals surface area contributed by atoms with E-state index in [0.717, 1.165) is 31.4 Å². The van der Waals surface area contributed by atoms with Crippen LogP contribution in [0.5, 0.6) is 0 Å². The molecule has 0 amide bonds. The first-order valence-electron chi connectivity index (χ1n) is 9.68. The second-order valence-corrected chi connectivity index (χ2v) is 8.03. The van der Waals surface area contributed by atoms with Crippen LogP contribution < -0.4 is 0 Å². The van der Waals surface area contributed by atoms with Crippen molar-refractivity contribution >= 4 is 0 Å². The number of fused-ring (bicyclic) bond motifs is 3. The fourth-order valence-electron chi connectivity index (χ4n) is 5.35. The predicted molar refractivity (Wildman–Crippen MR) is 93.0 cm³/mol. The van der Waals surface area contributed by atoms with Crippen LogP contribution in [-0.4, -0.2) is 39.8 Å². The Bertz CT molecular complexity index is 727.